The van der Waals surface area contributed by atoms with Gasteiger partial charge in [-0.1, -0.05) is 42.5 Å². The van der Waals surface area contributed by atoms with Crippen LogP contribution in [0.1, 0.15) is 21.7 Å². The van der Waals surface area contributed by atoms with E-state index in [1.54, 1.807) is 0 Å². The van der Waals surface area contributed by atoms with Crippen LogP contribution in [0.4, 0.5) is 0 Å². The summed E-state index contributed by atoms with van der Waals surface area (Å²) in [6.45, 7) is 0.632. The predicted octanol–water partition coefficient (Wildman–Crippen LogP) is 1.43. The lowest BCUT2D eigenvalue weighted by atomic mass is 10.2. The largest absolute Gasteiger partial charge is 0.464 e. The van der Waals surface area contributed by atoms with Gasteiger partial charge in [0.05, 0.1) is 36.1 Å². The number of fused-ring (bicyclic) bond motifs is 3. The number of esters is 1. The number of benzene rings is 2. The monoisotopic (exact) mass is 394 g/mol. The molecule has 0 aliphatic rings. The van der Waals surface area contributed by atoms with Gasteiger partial charge in [-0.25, -0.2) is 9.78 Å². The van der Waals surface area contributed by atoms with E-state index in [1.165, 1.54) is 18.9 Å². The molecule has 4 aromatic rings. The van der Waals surface area contributed by atoms with E-state index >= 15 is 0 Å². The minimum absolute atomic E-state index is 0.227. The van der Waals surface area contributed by atoms with E-state index < -0.39 is 5.97 Å². The lowest BCUT2D eigenvalue weighted by Crippen LogP contribution is -2.43. The van der Waals surface area contributed by atoms with Gasteiger partial charge in [-0.05, 0) is 29.5 Å². The number of para-hydroxylation sites is 2. The van der Waals surface area contributed by atoms with Crippen LogP contribution in [-0.2, 0) is 17.0 Å². The number of hydrogen-bond donors (Lipinski definition) is 2. The number of ether oxygens (including phenoxy) is 1. The Hall–Kier alpha value is -3.26. The van der Waals surface area contributed by atoms with Gasteiger partial charge in [-0.3, -0.25) is 15.5 Å². The number of rotatable bonds is 5. The molecular formula is C20H20N5O2S+. The summed E-state index contributed by atoms with van der Waals surface area (Å²) in [5.74, 6) is 0.617. The molecule has 28 heavy (non-hydrogen) atoms. The van der Waals surface area contributed by atoms with Crippen molar-refractivity contribution in [1.29, 1.82) is 0 Å². The molecule has 7 nitrogen and oxygen atoms in total. The van der Waals surface area contributed by atoms with Crippen molar-refractivity contribution in [2.45, 2.75) is 12.3 Å². The van der Waals surface area contributed by atoms with Crippen LogP contribution in [0.15, 0.2) is 54.6 Å². The van der Waals surface area contributed by atoms with Crippen LogP contribution >= 0.6 is 11.8 Å². The molecule has 2 aromatic heterocycles. The number of carbonyl (C=O) groups is 1. The zero-order valence-corrected chi connectivity index (χ0v) is 16.1. The number of hydrogen-bond acceptors (Lipinski definition) is 4. The topological polar surface area (TPSA) is 100 Å². The molecule has 0 radical (unpaired) electrons. The third kappa shape index (κ3) is 3.11. The maximum Gasteiger partial charge on any atom is 0.357 e. The molecule has 2 heterocycles. The number of nitrogens with two attached hydrogens (primary N) is 2. The summed E-state index contributed by atoms with van der Waals surface area (Å²) >= 11 is 1.24. The van der Waals surface area contributed by atoms with Crippen molar-refractivity contribution in [3.05, 3.63) is 71.5 Å². The summed E-state index contributed by atoms with van der Waals surface area (Å²) in [7, 11) is 1.37. The molecule has 0 aliphatic carbocycles. The summed E-state index contributed by atoms with van der Waals surface area (Å²) in [5.41, 5.74) is 9.60. The van der Waals surface area contributed by atoms with Gasteiger partial charge in [0.1, 0.15) is 0 Å². The highest BCUT2D eigenvalue weighted by Crippen LogP contribution is 2.27. The van der Waals surface area contributed by atoms with Gasteiger partial charge in [-0.15, -0.1) is 0 Å². The number of amidine groups is 1. The molecule has 0 spiro atoms. The van der Waals surface area contributed by atoms with Crippen molar-refractivity contribution in [2.75, 3.05) is 7.11 Å². The average Bonchev–Trinajstić information content (AvgIpc) is 3.22. The molecule has 0 unspecified atom stereocenters. The highest BCUT2D eigenvalue weighted by atomic mass is 32.2. The maximum atomic E-state index is 12.6. The van der Waals surface area contributed by atoms with Crippen molar-refractivity contribution in [3.63, 3.8) is 0 Å². The van der Waals surface area contributed by atoms with Gasteiger partial charge in [0.25, 0.3) is 5.17 Å². The fourth-order valence-electron chi connectivity index (χ4n) is 3.33. The zero-order chi connectivity index (χ0) is 19.7. The van der Waals surface area contributed by atoms with E-state index in [2.05, 4.69) is 16.7 Å². The smallest absolute Gasteiger partial charge is 0.357 e. The summed E-state index contributed by atoms with van der Waals surface area (Å²) in [6, 6.07) is 18.0. The summed E-state index contributed by atoms with van der Waals surface area (Å²) < 4.78 is 8.99. The first-order valence-corrected chi connectivity index (χ1v) is 9.70. The van der Waals surface area contributed by atoms with Crippen molar-refractivity contribution in [1.82, 2.24) is 14.0 Å². The Bertz CT molecular complexity index is 1180. The first kappa shape index (κ1) is 18.1. The number of imidazole rings is 2. The standard InChI is InChI=1S/C20H19N5O2S/c1-27-18(26)17-14(12-28-19(21)22)23-20-24(11-13-7-3-2-4-8-13)15-9-5-6-10-16(15)25(17)20/h2-10H,11-12H2,1H3,(H3,21,22)/p+1. The summed E-state index contributed by atoms with van der Waals surface area (Å²) in [6.07, 6.45) is 0. The molecule has 0 saturated carbocycles. The third-order valence-corrected chi connectivity index (χ3v) is 5.28. The first-order valence-electron chi connectivity index (χ1n) is 8.71. The van der Waals surface area contributed by atoms with E-state index in [0.717, 1.165) is 16.6 Å². The summed E-state index contributed by atoms with van der Waals surface area (Å²) in [5, 5.41) is 5.82. The number of nitrogens with zero attached hydrogens (tertiary/aromatic N) is 3. The van der Waals surface area contributed by atoms with Crippen LogP contribution in [-0.4, -0.2) is 32.2 Å². The molecule has 2 aromatic carbocycles. The van der Waals surface area contributed by atoms with E-state index in [9.17, 15) is 4.79 Å². The van der Waals surface area contributed by atoms with Crippen LogP contribution < -0.4 is 11.1 Å². The van der Waals surface area contributed by atoms with Gasteiger partial charge in [0.15, 0.2) is 5.69 Å². The molecule has 0 aliphatic heterocycles. The van der Waals surface area contributed by atoms with Gasteiger partial charge in [-0.2, -0.15) is 0 Å². The molecular weight excluding hydrogens is 374 g/mol. The van der Waals surface area contributed by atoms with E-state index in [0.29, 0.717) is 29.5 Å². The number of aromatic nitrogens is 3. The van der Waals surface area contributed by atoms with Gasteiger partial charge >= 0.3 is 5.97 Å². The van der Waals surface area contributed by atoms with Crippen LogP contribution in [0.5, 0.6) is 0 Å². The van der Waals surface area contributed by atoms with Crippen molar-refractivity contribution in [2.24, 2.45) is 5.73 Å². The van der Waals surface area contributed by atoms with E-state index in [-0.39, 0.29) is 5.17 Å². The van der Waals surface area contributed by atoms with Crippen LogP contribution in [0, 0.1) is 0 Å². The first-order chi connectivity index (χ1) is 13.6. The molecule has 0 atom stereocenters. The molecule has 142 valence electrons. The van der Waals surface area contributed by atoms with E-state index in [1.807, 2.05) is 46.9 Å². The predicted molar refractivity (Wildman–Crippen MR) is 110 cm³/mol. The fourth-order valence-corrected chi connectivity index (χ4v) is 3.84. The minimum atomic E-state index is -0.443. The molecule has 0 amide bonds. The Morgan fingerprint density at radius 1 is 1.14 bits per heavy atom. The van der Waals surface area contributed by atoms with Crippen LogP contribution in [0.2, 0.25) is 0 Å². The molecule has 4 N–H and O–H groups in total. The second-order valence-corrected chi connectivity index (χ2v) is 7.33. The van der Waals surface area contributed by atoms with Gasteiger partial charge in [0, 0.05) is 0 Å². The fraction of sp³-hybridized carbons (Fsp3) is 0.150. The Balaban J connectivity index is 1.97. The second kappa shape index (κ2) is 7.40. The lowest BCUT2D eigenvalue weighted by molar-refractivity contribution is -0.110. The number of carbonyl (C=O) groups excluding carboxylic acids is 1. The van der Waals surface area contributed by atoms with Crippen LogP contribution in [0.3, 0.4) is 0 Å². The molecule has 0 saturated heterocycles. The highest BCUT2D eigenvalue weighted by molar-refractivity contribution is 8.12. The van der Waals surface area contributed by atoms with Gasteiger partial charge in [0.2, 0.25) is 5.78 Å². The zero-order valence-electron chi connectivity index (χ0n) is 15.3. The Morgan fingerprint density at radius 2 is 1.82 bits per heavy atom. The normalized spacial score (nSPS) is 11.2. The van der Waals surface area contributed by atoms with E-state index in [4.69, 9.17) is 20.9 Å². The van der Waals surface area contributed by atoms with Gasteiger partial charge < -0.3 is 9.30 Å². The average molecular weight is 394 g/mol. The molecule has 8 heteroatoms. The minimum Gasteiger partial charge on any atom is -0.464 e. The number of thioether (sulfide) groups is 1. The Labute approximate surface area is 165 Å². The third-order valence-electron chi connectivity index (χ3n) is 4.52. The summed E-state index contributed by atoms with van der Waals surface area (Å²) in [4.78, 5) is 17.4. The molecule has 0 fully saturated rings. The second-order valence-electron chi connectivity index (χ2n) is 6.29. The lowest BCUT2D eigenvalue weighted by Gasteiger charge is -2.05. The van der Waals surface area contributed by atoms with Crippen molar-refractivity contribution < 1.29 is 14.9 Å². The molecule has 4 rings (SSSR count). The Kier molecular flexibility index (Phi) is 4.79. The van der Waals surface area contributed by atoms with Crippen molar-refractivity contribution >= 4 is 39.7 Å². The Morgan fingerprint density at radius 3 is 2.50 bits per heavy atom. The van der Waals surface area contributed by atoms with Crippen molar-refractivity contribution in [3.8, 4) is 0 Å². The highest BCUT2D eigenvalue weighted by Gasteiger charge is 2.25. The SMILES string of the molecule is COC(=O)c1c(CSC(N)=[NH2+])nc2n(Cc3ccccc3)c3ccccc3n12. The molecule has 0 bridgehead atoms. The maximum absolute atomic E-state index is 12.6. The quantitative estimate of drug-likeness (QED) is 0.303. The van der Waals surface area contributed by atoms with Crippen LogP contribution in [0.25, 0.3) is 16.8 Å². The number of methoxy groups -OCH3 is 1.